The topological polar surface area (TPSA) is 26.0 Å². The average molecular weight is 259 g/mol. The second-order valence-corrected chi connectivity index (χ2v) is 6.61. The Morgan fingerprint density at radius 3 is 2.42 bits per heavy atom. The Bertz CT molecular complexity index is 379. The summed E-state index contributed by atoms with van der Waals surface area (Å²) in [5.41, 5.74) is 9.22. The summed E-state index contributed by atoms with van der Waals surface area (Å²) < 4.78 is 0. The first kappa shape index (κ1) is 14.6. The van der Waals surface area contributed by atoms with E-state index in [-0.39, 0.29) is 0 Å². The van der Waals surface area contributed by atoms with Crippen LogP contribution in [0.3, 0.4) is 0 Å². The second kappa shape index (κ2) is 6.56. The molecule has 2 rings (SSSR count). The largest absolute Gasteiger partial charge is 0.327 e. The lowest BCUT2D eigenvalue weighted by Crippen LogP contribution is -2.37. The normalized spacial score (nSPS) is 27.7. The van der Waals surface area contributed by atoms with Crippen LogP contribution >= 0.6 is 0 Å². The van der Waals surface area contributed by atoms with Crippen molar-refractivity contribution in [3.05, 3.63) is 35.4 Å². The zero-order chi connectivity index (χ0) is 13.8. The number of nitrogens with two attached hydrogens (primary N) is 1. The van der Waals surface area contributed by atoms with Crippen LogP contribution in [0.5, 0.6) is 0 Å². The van der Waals surface area contributed by atoms with Gasteiger partial charge in [-0.25, -0.2) is 0 Å². The van der Waals surface area contributed by atoms with E-state index in [0.29, 0.717) is 17.9 Å². The first-order valence-electron chi connectivity index (χ1n) is 7.94. The summed E-state index contributed by atoms with van der Waals surface area (Å²) in [4.78, 5) is 0. The maximum absolute atomic E-state index is 6.32. The highest BCUT2D eigenvalue weighted by atomic mass is 14.7. The number of hydrogen-bond acceptors (Lipinski definition) is 1. The molecule has 0 aliphatic heterocycles. The van der Waals surface area contributed by atoms with Crippen LogP contribution < -0.4 is 5.73 Å². The fourth-order valence-corrected chi connectivity index (χ4v) is 3.33. The molecule has 0 aromatic heterocycles. The van der Waals surface area contributed by atoms with Crippen molar-refractivity contribution < 1.29 is 0 Å². The Labute approximate surface area is 118 Å². The minimum Gasteiger partial charge on any atom is -0.327 e. The van der Waals surface area contributed by atoms with E-state index in [9.17, 15) is 0 Å². The van der Waals surface area contributed by atoms with Gasteiger partial charge in [0.05, 0.1) is 0 Å². The minimum absolute atomic E-state index is 0.410. The average Bonchev–Trinajstić information content (AvgIpc) is 2.42. The third-order valence-electron chi connectivity index (χ3n) is 4.87. The highest BCUT2D eigenvalue weighted by Gasteiger charge is 2.27. The van der Waals surface area contributed by atoms with Gasteiger partial charge in [0.1, 0.15) is 0 Å². The van der Waals surface area contributed by atoms with Crippen LogP contribution in [-0.2, 0) is 6.42 Å². The quantitative estimate of drug-likeness (QED) is 0.846. The SMILES string of the molecule is CCC1CCC(N)C(Cc2ccc(C(C)C)cc2)C1. The van der Waals surface area contributed by atoms with Crippen molar-refractivity contribution in [2.45, 2.75) is 64.8 Å². The highest BCUT2D eigenvalue weighted by Crippen LogP contribution is 2.32. The molecule has 1 aromatic rings. The number of rotatable bonds is 4. The molecule has 106 valence electrons. The maximum atomic E-state index is 6.32. The molecular formula is C18H29N. The first-order chi connectivity index (χ1) is 9.10. The van der Waals surface area contributed by atoms with Crippen molar-refractivity contribution in [1.29, 1.82) is 0 Å². The van der Waals surface area contributed by atoms with Gasteiger partial charge in [0.25, 0.3) is 0 Å². The third kappa shape index (κ3) is 3.82. The molecule has 1 aromatic carbocycles. The Hall–Kier alpha value is -0.820. The van der Waals surface area contributed by atoms with E-state index in [1.54, 1.807) is 0 Å². The molecule has 1 fully saturated rings. The molecule has 3 unspecified atom stereocenters. The van der Waals surface area contributed by atoms with Crippen molar-refractivity contribution in [2.24, 2.45) is 17.6 Å². The molecule has 0 saturated heterocycles. The van der Waals surface area contributed by atoms with E-state index in [4.69, 9.17) is 5.73 Å². The van der Waals surface area contributed by atoms with Gasteiger partial charge in [-0.3, -0.25) is 0 Å². The lowest BCUT2D eigenvalue weighted by Gasteiger charge is -2.34. The molecule has 0 bridgehead atoms. The molecule has 1 heteroatoms. The van der Waals surface area contributed by atoms with E-state index < -0.39 is 0 Å². The highest BCUT2D eigenvalue weighted by molar-refractivity contribution is 5.25. The standard InChI is InChI=1S/C18H29N/c1-4-14-7-10-18(19)17(11-14)12-15-5-8-16(9-6-15)13(2)3/h5-6,8-9,13-14,17-18H,4,7,10-12,19H2,1-3H3. The molecule has 19 heavy (non-hydrogen) atoms. The van der Waals surface area contributed by atoms with Gasteiger partial charge in [-0.1, -0.05) is 51.5 Å². The van der Waals surface area contributed by atoms with Crippen LogP contribution in [0.2, 0.25) is 0 Å². The lowest BCUT2D eigenvalue weighted by atomic mass is 9.75. The zero-order valence-electron chi connectivity index (χ0n) is 12.7. The fraction of sp³-hybridized carbons (Fsp3) is 0.667. The van der Waals surface area contributed by atoms with Gasteiger partial charge in [-0.05, 0) is 54.6 Å². The summed E-state index contributed by atoms with van der Waals surface area (Å²) >= 11 is 0. The van der Waals surface area contributed by atoms with Crippen molar-refractivity contribution in [2.75, 3.05) is 0 Å². The monoisotopic (exact) mass is 259 g/mol. The molecule has 0 amide bonds. The molecule has 0 spiro atoms. The van der Waals surface area contributed by atoms with E-state index >= 15 is 0 Å². The molecule has 1 aliphatic carbocycles. The van der Waals surface area contributed by atoms with Gasteiger partial charge in [-0.15, -0.1) is 0 Å². The zero-order valence-corrected chi connectivity index (χ0v) is 12.7. The van der Waals surface area contributed by atoms with Crippen molar-refractivity contribution in [3.63, 3.8) is 0 Å². The Balaban J connectivity index is 1.99. The van der Waals surface area contributed by atoms with Crippen LogP contribution in [0.15, 0.2) is 24.3 Å². The Kier molecular flexibility index (Phi) is 5.04. The molecule has 2 N–H and O–H groups in total. The van der Waals surface area contributed by atoms with E-state index in [1.807, 2.05) is 0 Å². The summed E-state index contributed by atoms with van der Waals surface area (Å²) in [6, 6.07) is 9.58. The molecular weight excluding hydrogens is 230 g/mol. The predicted molar refractivity (Wildman–Crippen MR) is 83.3 cm³/mol. The smallest absolute Gasteiger partial charge is 0.00705 e. The van der Waals surface area contributed by atoms with E-state index in [0.717, 1.165) is 12.3 Å². The van der Waals surface area contributed by atoms with Crippen LogP contribution in [0.1, 0.15) is 63.5 Å². The van der Waals surface area contributed by atoms with Gasteiger partial charge in [-0.2, -0.15) is 0 Å². The van der Waals surface area contributed by atoms with Crippen LogP contribution in [0.4, 0.5) is 0 Å². The number of benzene rings is 1. The van der Waals surface area contributed by atoms with Gasteiger partial charge in [0, 0.05) is 6.04 Å². The predicted octanol–water partition coefficient (Wildman–Crippen LogP) is 4.51. The van der Waals surface area contributed by atoms with Gasteiger partial charge < -0.3 is 5.73 Å². The van der Waals surface area contributed by atoms with Gasteiger partial charge in [0.2, 0.25) is 0 Å². The fourth-order valence-electron chi connectivity index (χ4n) is 3.33. The lowest BCUT2D eigenvalue weighted by molar-refractivity contribution is 0.227. The van der Waals surface area contributed by atoms with Crippen LogP contribution in [-0.4, -0.2) is 6.04 Å². The molecule has 1 saturated carbocycles. The molecule has 3 atom stereocenters. The van der Waals surface area contributed by atoms with Gasteiger partial charge >= 0.3 is 0 Å². The summed E-state index contributed by atoms with van der Waals surface area (Å²) in [6.07, 6.45) is 6.35. The van der Waals surface area contributed by atoms with Gasteiger partial charge in [0.15, 0.2) is 0 Å². The Morgan fingerprint density at radius 2 is 1.84 bits per heavy atom. The minimum atomic E-state index is 0.410. The summed E-state index contributed by atoms with van der Waals surface area (Å²) in [7, 11) is 0. The summed E-state index contributed by atoms with van der Waals surface area (Å²) in [6.45, 7) is 6.81. The van der Waals surface area contributed by atoms with Crippen LogP contribution in [0, 0.1) is 11.8 Å². The van der Waals surface area contributed by atoms with E-state index in [2.05, 4.69) is 45.0 Å². The molecule has 1 nitrogen and oxygen atoms in total. The van der Waals surface area contributed by atoms with Crippen molar-refractivity contribution in [1.82, 2.24) is 0 Å². The second-order valence-electron chi connectivity index (χ2n) is 6.61. The summed E-state index contributed by atoms with van der Waals surface area (Å²) in [5, 5.41) is 0. The van der Waals surface area contributed by atoms with Crippen molar-refractivity contribution in [3.8, 4) is 0 Å². The molecule has 1 aliphatic rings. The third-order valence-corrected chi connectivity index (χ3v) is 4.87. The molecule has 0 radical (unpaired) electrons. The first-order valence-corrected chi connectivity index (χ1v) is 7.94. The number of hydrogen-bond donors (Lipinski definition) is 1. The van der Waals surface area contributed by atoms with Crippen LogP contribution in [0.25, 0.3) is 0 Å². The van der Waals surface area contributed by atoms with E-state index in [1.165, 1.54) is 36.8 Å². The maximum Gasteiger partial charge on any atom is 0.00705 e. The Morgan fingerprint density at radius 1 is 1.16 bits per heavy atom. The summed E-state index contributed by atoms with van der Waals surface area (Å²) in [5.74, 6) is 2.21. The van der Waals surface area contributed by atoms with Crippen molar-refractivity contribution >= 4 is 0 Å². The molecule has 0 heterocycles.